The first kappa shape index (κ1) is 22.5. The molecule has 29 heavy (non-hydrogen) atoms. The number of imide groups is 1. The number of rotatable bonds is 10. The second kappa shape index (κ2) is 11.3. The summed E-state index contributed by atoms with van der Waals surface area (Å²) in [7, 11) is 0. The molecule has 0 aliphatic carbocycles. The second-order valence-electron chi connectivity index (χ2n) is 6.10. The molecule has 1 aliphatic rings. The van der Waals surface area contributed by atoms with E-state index in [4.69, 9.17) is 9.47 Å². The number of carbonyl (C=O) groups excluding carboxylic acids is 4. The average Bonchev–Trinajstić information content (AvgIpc) is 2.95. The van der Waals surface area contributed by atoms with Gasteiger partial charge in [-0.05, 0) is 37.2 Å². The van der Waals surface area contributed by atoms with Crippen molar-refractivity contribution in [3.8, 4) is 5.75 Å². The monoisotopic (exact) mass is 420 g/mol. The highest BCUT2D eigenvalue weighted by atomic mass is 32.2. The van der Waals surface area contributed by atoms with Crippen molar-refractivity contribution in [3.63, 3.8) is 0 Å². The highest BCUT2D eigenvalue weighted by molar-refractivity contribution is 8.18. The molecule has 1 aromatic rings. The van der Waals surface area contributed by atoms with E-state index >= 15 is 0 Å². The molecule has 0 spiro atoms. The molecule has 9 heteroatoms. The molecule has 1 saturated heterocycles. The number of thioether (sulfide) groups is 1. The summed E-state index contributed by atoms with van der Waals surface area (Å²) < 4.78 is 10.3. The van der Waals surface area contributed by atoms with E-state index in [9.17, 15) is 19.2 Å². The van der Waals surface area contributed by atoms with Gasteiger partial charge in [0, 0.05) is 12.1 Å². The Bertz CT molecular complexity index is 808. The molecule has 2 rings (SSSR count). The van der Waals surface area contributed by atoms with Gasteiger partial charge in [-0.3, -0.25) is 19.3 Å². The van der Waals surface area contributed by atoms with E-state index in [1.807, 2.05) is 6.92 Å². The van der Waals surface area contributed by atoms with Crippen LogP contribution in [0, 0.1) is 0 Å². The molecule has 0 radical (unpaired) electrons. The number of benzene rings is 1. The van der Waals surface area contributed by atoms with Gasteiger partial charge >= 0.3 is 5.97 Å². The summed E-state index contributed by atoms with van der Waals surface area (Å²) in [6.07, 6.45) is 3.28. The number of ether oxygens (including phenoxy) is 2. The van der Waals surface area contributed by atoms with Gasteiger partial charge in [0.2, 0.25) is 5.91 Å². The van der Waals surface area contributed by atoms with E-state index in [-0.39, 0.29) is 30.6 Å². The van der Waals surface area contributed by atoms with Gasteiger partial charge in [-0.15, -0.1) is 0 Å². The quantitative estimate of drug-likeness (QED) is 0.353. The van der Waals surface area contributed by atoms with Crippen molar-refractivity contribution in [1.82, 2.24) is 10.2 Å². The lowest BCUT2D eigenvalue weighted by atomic mass is 10.2. The number of para-hydroxylation sites is 1. The van der Waals surface area contributed by atoms with Crippen LogP contribution >= 0.6 is 11.8 Å². The fourth-order valence-corrected chi connectivity index (χ4v) is 3.28. The Morgan fingerprint density at radius 1 is 1.21 bits per heavy atom. The SMILES string of the molecule is CCCCNC(=O)CN1C(=O)S/C(=C\c2ccccc2OCC(=O)OCC)C1=O. The molecule has 1 aromatic carbocycles. The standard InChI is InChI=1S/C20H24N2O6S/c1-3-5-10-21-17(23)12-22-19(25)16(29-20(22)26)11-14-8-6-7-9-15(14)28-13-18(24)27-4-2/h6-9,11H,3-5,10,12-13H2,1-2H3,(H,21,23)/b16-11-. The van der Waals surface area contributed by atoms with Crippen LogP contribution in [0.15, 0.2) is 29.2 Å². The lowest BCUT2D eigenvalue weighted by Gasteiger charge is -2.12. The zero-order valence-electron chi connectivity index (χ0n) is 16.4. The fourth-order valence-electron chi connectivity index (χ4n) is 2.45. The van der Waals surface area contributed by atoms with Gasteiger partial charge in [-0.2, -0.15) is 0 Å². The third-order valence-corrected chi connectivity index (χ3v) is 4.79. The minimum absolute atomic E-state index is 0.184. The Hall–Kier alpha value is -2.81. The van der Waals surface area contributed by atoms with Crippen LogP contribution in [-0.2, 0) is 19.1 Å². The van der Waals surface area contributed by atoms with E-state index < -0.39 is 17.1 Å². The number of hydrogen-bond acceptors (Lipinski definition) is 7. The van der Waals surface area contributed by atoms with Gasteiger partial charge in [0.15, 0.2) is 6.61 Å². The van der Waals surface area contributed by atoms with E-state index in [0.29, 0.717) is 17.9 Å². The molecule has 1 aliphatic heterocycles. The van der Waals surface area contributed by atoms with Crippen LogP contribution < -0.4 is 10.1 Å². The highest BCUT2D eigenvalue weighted by Gasteiger charge is 2.36. The predicted octanol–water partition coefficient (Wildman–Crippen LogP) is 2.58. The third kappa shape index (κ3) is 6.63. The number of nitrogens with zero attached hydrogens (tertiary/aromatic N) is 1. The Labute approximate surface area is 173 Å². The van der Waals surface area contributed by atoms with Crippen LogP contribution in [0.1, 0.15) is 32.3 Å². The zero-order chi connectivity index (χ0) is 21.2. The van der Waals surface area contributed by atoms with E-state index in [1.165, 1.54) is 6.08 Å². The minimum Gasteiger partial charge on any atom is -0.481 e. The van der Waals surface area contributed by atoms with Gasteiger partial charge in [-0.1, -0.05) is 31.5 Å². The van der Waals surface area contributed by atoms with Crippen molar-refractivity contribution in [2.75, 3.05) is 26.3 Å². The van der Waals surface area contributed by atoms with Crippen LogP contribution in [0.25, 0.3) is 6.08 Å². The summed E-state index contributed by atoms with van der Waals surface area (Å²) in [4.78, 5) is 49.3. The third-order valence-electron chi connectivity index (χ3n) is 3.88. The molecule has 0 bridgehead atoms. The Morgan fingerprint density at radius 2 is 1.97 bits per heavy atom. The van der Waals surface area contributed by atoms with Crippen LogP contribution in [0.3, 0.4) is 0 Å². The molecule has 156 valence electrons. The first-order chi connectivity index (χ1) is 14.0. The van der Waals surface area contributed by atoms with Gasteiger partial charge in [0.05, 0.1) is 11.5 Å². The van der Waals surface area contributed by atoms with E-state index in [2.05, 4.69) is 5.32 Å². The number of amides is 3. The van der Waals surface area contributed by atoms with Crippen LogP contribution in [0.4, 0.5) is 4.79 Å². The van der Waals surface area contributed by atoms with Crippen molar-refractivity contribution in [2.24, 2.45) is 0 Å². The summed E-state index contributed by atoms with van der Waals surface area (Å²) in [6.45, 7) is 3.88. The summed E-state index contributed by atoms with van der Waals surface area (Å²) in [5.41, 5.74) is 0.537. The number of esters is 1. The van der Waals surface area contributed by atoms with Gasteiger partial charge < -0.3 is 14.8 Å². The van der Waals surface area contributed by atoms with Crippen LogP contribution in [0.5, 0.6) is 5.75 Å². The molecule has 0 saturated carbocycles. The predicted molar refractivity (Wildman–Crippen MR) is 109 cm³/mol. The van der Waals surface area contributed by atoms with Gasteiger partial charge in [0.25, 0.3) is 11.1 Å². The largest absolute Gasteiger partial charge is 0.481 e. The topological polar surface area (TPSA) is 102 Å². The van der Waals surface area contributed by atoms with Crippen molar-refractivity contribution in [2.45, 2.75) is 26.7 Å². The first-order valence-corrected chi connectivity index (χ1v) is 10.2. The highest BCUT2D eigenvalue weighted by Crippen LogP contribution is 2.33. The summed E-state index contributed by atoms with van der Waals surface area (Å²) in [5.74, 6) is -1.03. The molecule has 0 aromatic heterocycles. The van der Waals surface area contributed by atoms with Crippen molar-refractivity contribution >= 4 is 40.9 Å². The molecule has 0 unspecified atom stereocenters. The maximum Gasteiger partial charge on any atom is 0.344 e. The molecule has 1 N–H and O–H groups in total. The normalized spacial score (nSPS) is 15.0. The molecule has 8 nitrogen and oxygen atoms in total. The van der Waals surface area contributed by atoms with Crippen LogP contribution in [-0.4, -0.2) is 54.2 Å². The number of hydrogen-bond donors (Lipinski definition) is 1. The van der Waals surface area contributed by atoms with Crippen molar-refractivity contribution in [3.05, 3.63) is 34.7 Å². The summed E-state index contributed by atoms with van der Waals surface area (Å²) >= 11 is 0.760. The summed E-state index contributed by atoms with van der Waals surface area (Å²) in [6, 6.07) is 6.82. The molecular weight excluding hydrogens is 396 g/mol. The van der Waals surface area contributed by atoms with Crippen LogP contribution in [0.2, 0.25) is 0 Å². The average molecular weight is 420 g/mol. The molecule has 3 amide bonds. The Balaban J connectivity index is 2.07. The number of nitrogens with one attached hydrogen (secondary N) is 1. The first-order valence-electron chi connectivity index (χ1n) is 9.35. The Morgan fingerprint density at radius 3 is 2.69 bits per heavy atom. The molecule has 1 fully saturated rings. The zero-order valence-corrected chi connectivity index (χ0v) is 17.3. The lowest BCUT2D eigenvalue weighted by Crippen LogP contribution is -2.39. The van der Waals surface area contributed by atoms with Gasteiger partial charge in [-0.25, -0.2) is 4.79 Å². The fraction of sp³-hybridized carbons (Fsp3) is 0.400. The number of carbonyl (C=O) groups is 4. The van der Waals surface area contributed by atoms with Crippen molar-refractivity contribution in [1.29, 1.82) is 0 Å². The molecular formula is C20H24N2O6S. The van der Waals surface area contributed by atoms with Gasteiger partial charge in [0.1, 0.15) is 12.3 Å². The van der Waals surface area contributed by atoms with Crippen molar-refractivity contribution < 1.29 is 28.7 Å². The smallest absolute Gasteiger partial charge is 0.344 e. The molecule has 0 atom stereocenters. The maximum absolute atomic E-state index is 12.6. The second-order valence-corrected chi connectivity index (χ2v) is 7.10. The summed E-state index contributed by atoms with van der Waals surface area (Å²) in [5, 5.41) is 2.18. The van der Waals surface area contributed by atoms with E-state index in [1.54, 1.807) is 31.2 Å². The number of unbranched alkanes of at least 4 members (excludes halogenated alkanes) is 1. The minimum atomic E-state index is -0.536. The lowest BCUT2D eigenvalue weighted by molar-refractivity contribution is -0.145. The maximum atomic E-state index is 12.6. The molecule has 1 heterocycles. The van der Waals surface area contributed by atoms with E-state index in [0.717, 1.165) is 29.5 Å². The Kier molecular flexibility index (Phi) is 8.72.